The fourth-order valence-electron chi connectivity index (χ4n) is 4.35. The van der Waals surface area contributed by atoms with Crippen molar-refractivity contribution in [3.05, 3.63) is 83.9 Å². The zero-order valence-electron chi connectivity index (χ0n) is 17.1. The molecule has 2 heterocycles. The van der Waals surface area contributed by atoms with Crippen LogP contribution in [-0.2, 0) is 21.2 Å². The summed E-state index contributed by atoms with van der Waals surface area (Å²) in [6.07, 6.45) is 0.660. The van der Waals surface area contributed by atoms with E-state index in [0.29, 0.717) is 24.4 Å². The Morgan fingerprint density at radius 2 is 1.71 bits per heavy atom. The molecule has 2 aliphatic heterocycles. The summed E-state index contributed by atoms with van der Waals surface area (Å²) in [6, 6.07) is 22.3. The number of benzene rings is 3. The normalized spacial score (nSPS) is 17.9. The highest BCUT2D eigenvalue weighted by Gasteiger charge is 2.38. The molecule has 5 rings (SSSR count). The van der Waals surface area contributed by atoms with Gasteiger partial charge in [0.2, 0.25) is 5.91 Å². The lowest BCUT2D eigenvalue weighted by atomic mass is 10.1. The maximum Gasteiger partial charge on any atom is 0.264 e. The first kappa shape index (κ1) is 20.2. The van der Waals surface area contributed by atoms with Gasteiger partial charge < -0.3 is 4.90 Å². The molecule has 0 aliphatic carbocycles. The summed E-state index contributed by atoms with van der Waals surface area (Å²) < 4.78 is 29.5. The van der Waals surface area contributed by atoms with E-state index in [1.807, 2.05) is 54.6 Å². The molecule has 0 aromatic heterocycles. The number of anilines is 2. The number of thioether (sulfide) groups is 1. The second-order valence-corrected chi connectivity index (χ2v) is 10.6. The van der Waals surface area contributed by atoms with E-state index in [4.69, 9.17) is 0 Å². The van der Waals surface area contributed by atoms with Crippen molar-refractivity contribution >= 4 is 39.1 Å². The summed E-state index contributed by atoms with van der Waals surface area (Å²) in [5.41, 5.74) is 3.38. The van der Waals surface area contributed by atoms with E-state index in [9.17, 15) is 13.2 Å². The molecule has 7 heteroatoms. The van der Waals surface area contributed by atoms with Crippen LogP contribution in [0.15, 0.2) is 82.6 Å². The summed E-state index contributed by atoms with van der Waals surface area (Å²) in [5, 5.41) is 0. The number of rotatable bonds is 3. The van der Waals surface area contributed by atoms with Crippen molar-refractivity contribution in [2.75, 3.05) is 21.5 Å². The van der Waals surface area contributed by atoms with E-state index >= 15 is 0 Å². The quantitative estimate of drug-likeness (QED) is 0.583. The van der Waals surface area contributed by atoms with Gasteiger partial charge in [0, 0.05) is 29.8 Å². The van der Waals surface area contributed by atoms with Crippen LogP contribution in [0, 0.1) is 0 Å². The van der Waals surface area contributed by atoms with Crippen molar-refractivity contribution in [1.29, 1.82) is 0 Å². The number of hydrogen-bond donors (Lipinski definition) is 0. The Labute approximate surface area is 186 Å². The Morgan fingerprint density at radius 1 is 0.968 bits per heavy atom. The summed E-state index contributed by atoms with van der Waals surface area (Å²) in [5.74, 6) is 0.615. The fraction of sp³-hybridized carbons (Fsp3) is 0.208. The number of fused-ring (bicyclic) bond motifs is 2. The molecule has 3 aromatic rings. The number of hydrogen-bond acceptors (Lipinski definition) is 4. The minimum Gasteiger partial charge on any atom is -0.312 e. The average molecular weight is 451 g/mol. The molecular formula is C24H22N2O3S2. The second kappa shape index (κ2) is 7.73. The summed E-state index contributed by atoms with van der Waals surface area (Å²) in [7, 11) is -3.82. The highest BCUT2D eigenvalue weighted by atomic mass is 32.2. The monoisotopic (exact) mass is 450 g/mol. The lowest BCUT2D eigenvalue weighted by Gasteiger charge is -2.37. The SMILES string of the molecule is CC(=O)N1CCc2cc(S(=O)(=O)N3c4ccccc4SCC3c3ccccc3)ccc21. The van der Waals surface area contributed by atoms with E-state index in [1.54, 1.807) is 39.2 Å². The Bertz CT molecular complexity index is 1260. The van der Waals surface area contributed by atoms with Crippen LogP contribution in [0.3, 0.4) is 0 Å². The summed E-state index contributed by atoms with van der Waals surface area (Å²) >= 11 is 1.68. The van der Waals surface area contributed by atoms with Crippen molar-refractivity contribution in [2.45, 2.75) is 29.2 Å². The minimum atomic E-state index is -3.82. The molecule has 2 aliphatic rings. The predicted octanol–water partition coefficient (Wildman–Crippen LogP) is 4.64. The van der Waals surface area contributed by atoms with Gasteiger partial charge in [-0.05, 0) is 47.9 Å². The largest absolute Gasteiger partial charge is 0.312 e. The molecule has 0 spiro atoms. The van der Waals surface area contributed by atoms with Crippen LogP contribution < -0.4 is 9.21 Å². The van der Waals surface area contributed by atoms with Crippen molar-refractivity contribution in [1.82, 2.24) is 0 Å². The third kappa shape index (κ3) is 3.42. The van der Waals surface area contributed by atoms with Crippen molar-refractivity contribution in [2.24, 2.45) is 0 Å². The van der Waals surface area contributed by atoms with E-state index in [1.165, 1.54) is 6.92 Å². The number of sulfonamides is 1. The summed E-state index contributed by atoms with van der Waals surface area (Å²) in [4.78, 5) is 14.8. The lowest BCUT2D eigenvalue weighted by Crippen LogP contribution is -2.38. The maximum atomic E-state index is 14.0. The van der Waals surface area contributed by atoms with Crippen molar-refractivity contribution in [3.8, 4) is 0 Å². The Balaban J connectivity index is 1.63. The van der Waals surface area contributed by atoms with Gasteiger partial charge in [0.15, 0.2) is 0 Å². The molecule has 0 saturated heterocycles. The van der Waals surface area contributed by atoms with Gasteiger partial charge in [0.25, 0.3) is 10.0 Å². The minimum absolute atomic E-state index is 0.0273. The standard InChI is InChI=1S/C24H22N2O3S2/c1-17(27)25-14-13-19-15-20(11-12-21(19)25)31(28,29)26-22-9-5-6-10-24(22)30-16-23(26)18-7-3-2-4-8-18/h2-12,15,23H,13-14,16H2,1H3. The average Bonchev–Trinajstić information content (AvgIpc) is 3.22. The third-order valence-electron chi connectivity index (χ3n) is 5.85. The van der Waals surface area contributed by atoms with Gasteiger partial charge in [-0.2, -0.15) is 0 Å². The molecule has 3 aromatic carbocycles. The lowest BCUT2D eigenvalue weighted by molar-refractivity contribution is -0.116. The molecule has 0 N–H and O–H groups in total. The smallest absolute Gasteiger partial charge is 0.264 e. The van der Waals surface area contributed by atoms with Gasteiger partial charge in [-0.3, -0.25) is 9.10 Å². The van der Waals surface area contributed by atoms with Gasteiger partial charge in [-0.1, -0.05) is 42.5 Å². The zero-order chi connectivity index (χ0) is 21.6. The van der Waals surface area contributed by atoms with Gasteiger partial charge in [0.1, 0.15) is 0 Å². The topological polar surface area (TPSA) is 57.7 Å². The Kier molecular flexibility index (Phi) is 5.02. The molecule has 1 unspecified atom stereocenters. The number of amides is 1. The first-order chi connectivity index (χ1) is 15.0. The van der Waals surface area contributed by atoms with E-state index < -0.39 is 10.0 Å². The van der Waals surface area contributed by atoms with Crippen LogP contribution in [0.4, 0.5) is 11.4 Å². The van der Waals surface area contributed by atoms with Crippen LogP contribution in [-0.4, -0.2) is 26.6 Å². The van der Waals surface area contributed by atoms with Crippen LogP contribution in [0.2, 0.25) is 0 Å². The fourth-order valence-corrected chi connectivity index (χ4v) is 7.38. The van der Waals surface area contributed by atoms with E-state index in [-0.39, 0.29) is 16.8 Å². The molecule has 5 nitrogen and oxygen atoms in total. The van der Waals surface area contributed by atoms with Crippen LogP contribution in [0.1, 0.15) is 24.1 Å². The highest BCUT2D eigenvalue weighted by Crippen LogP contribution is 2.46. The molecule has 0 saturated carbocycles. The molecule has 31 heavy (non-hydrogen) atoms. The van der Waals surface area contributed by atoms with Gasteiger partial charge >= 0.3 is 0 Å². The first-order valence-corrected chi connectivity index (χ1v) is 12.6. The maximum absolute atomic E-state index is 14.0. The molecular weight excluding hydrogens is 428 g/mol. The Hall–Kier alpha value is -2.77. The zero-order valence-corrected chi connectivity index (χ0v) is 18.7. The summed E-state index contributed by atoms with van der Waals surface area (Å²) in [6.45, 7) is 2.12. The van der Waals surface area contributed by atoms with Gasteiger partial charge in [0.05, 0.1) is 16.6 Å². The van der Waals surface area contributed by atoms with Crippen LogP contribution in [0.5, 0.6) is 0 Å². The highest BCUT2D eigenvalue weighted by molar-refractivity contribution is 8.00. The number of nitrogens with zero attached hydrogens (tertiary/aromatic N) is 2. The number of carbonyl (C=O) groups is 1. The van der Waals surface area contributed by atoms with Crippen LogP contribution >= 0.6 is 11.8 Å². The van der Waals surface area contributed by atoms with Gasteiger partial charge in [-0.25, -0.2) is 8.42 Å². The second-order valence-electron chi connectivity index (χ2n) is 7.72. The third-order valence-corrected chi connectivity index (χ3v) is 8.81. The molecule has 0 fully saturated rings. The molecule has 158 valence electrons. The first-order valence-electron chi connectivity index (χ1n) is 10.2. The Morgan fingerprint density at radius 3 is 2.48 bits per heavy atom. The number of para-hydroxylation sites is 1. The number of carbonyl (C=O) groups excluding carboxylic acids is 1. The predicted molar refractivity (Wildman–Crippen MR) is 124 cm³/mol. The van der Waals surface area contributed by atoms with Gasteiger partial charge in [-0.15, -0.1) is 11.8 Å². The van der Waals surface area contributed by atoms with E-state index in [0.717, 1.165) is 21.7 Å². The van der Waals surface area contributed by atoms with Crippen molar-refractivity contribution in [3.63, 3.8) is 0 Å². The molecule has 0 bridgehead atoms. The van der Waals surface area contributed by atoms with Crippen molar-refractivity contribution < 1.29 is 13.2 Å². The molecule has 1 atom stereocenters. The van der Waals surface area contributed by atoms with E-state index in [2.05, 4.69) is 0 Å². The molecule has 0 radical (unpaired) electrons. The van der Waals surface area contributed by atoms with Crippen LogP contribution in [0.25, 0.3) is 0 Å². The molecule has 1 amide bonds.